The summed E-state index contributed by atoms with van der Waals surface area (Å²) < 4.78 is 0. The molecule has 0 aromatic rings. The van der Waals surface area contributed by atoms with Crippen molar-refractivity contribution in [2.24, 2.45) is 17.3 Å². The molecule has 92 valence electrons. The molecule has 0 atom stereocenters. The lowest BCUT2D eigenvalue weighted by Crippen LogP contribution is -2.46. The van der Waals surface area contributed by atoms with E-state index in [1.54, 1.807) is 0 Å². The third-order valence-electron chi connectivity index (χ3n) is 4.47. The minimum Gasteiger partial charge on any atom is -0.342 e. The number of carbonyl (C=O) groups is 1. The zero-order valence-electron chi connectivity index (χ0n) is 11.0. The maximum Gasteiger partial charge on any atom is 0.225 e. The Kier molecular flexibility index (Phi) is 3.27. The fourth-order valence-corrected chi connectivity index (χ4v) is 3.00. The molecule has 1 aliphatic heterocycles. The van der Waals surface area contributed by atoms with Crippen LogP contribution < -0.4 is 0 Å². The highest BCUT2D eigenvalue weighted by molar-refractivity contribution is 5.79. The van der Waals surface area contributed by atoms with Gasteiger partial charge < -0.3 is 4.90 Å². The third-order valence-corrected chi connectivity index (χ3v) is 4.47. The van der Waals surface area contributed by atoms with Gasteiger partial charge in [-0.1, -0.05) is 20.8 Å². The van der Waals surface area contributed by atoms with Gasteiger partial charge in [-0.3, -0.25) is 4.79 Å². The molecule has 1 saturated carbocycles. The Morgan fingerprint density at radius 1 is 1.06 bits per heavy atom. The molecule has 0 bridgehead atoms. The van der Waals surface area contributed by atoms with Crippen LogP contribution in [0.25, 0.3) is 0 Å². The SMILES string of the molecule is CC(C)(C)C1CCC(C(=O)N2CCC2)CC1. The van der Waals surface area contributed by atoms with Gasteiger partial charge in [-0.25, -0.2) is 0 Å². The second-order valence-electron chi connectivity index (χ2n) is 6.59. The highest BCUT2D eigenvalue weighted by atomic mass is 16.2. The molecule has 2 nitrogen and oxygen atoms in total. The van der Waals surface area contributed by atoms with Crippen LogP contribution in [0.5, 0.6) is 0 Å². The summed E-state index contributed by atoms with van der Waals surface area (Å²) in [5.74, 6) is 1.60. The van der Waals surface area contributed by atoms with Crippen LogP contribution in [0.1, 0.15) is 52.9 Å². The molecule has 0 N–H and O–H groups in total. The van der Waals surface area contributed by atoms with Gasteiger partial charge in [0.15, 0.2) is 0 Å². The van der Waals surface area contributed by atoms with Crippen LogP contribution in [0, 0.1) is 17.3 Å². The third kappa shape index (κ3) is 2.41. The molecular formula is C14H25NO. The smallest absolute Gasteiger partial charge is 0.225 e. The summed E-state index contributed by atoms with van der Waals surface area (Å²) in [6.45, 7) is 9.01. The molecule has 2 aliphatic rings. The van der Waals surface area contributed by atoms with E-state index in [4.69, 9.17) is 0 Å². The Bertz CT molecular complexity index is 254. The van der Waals surface area contributed by atoms with Gasteiger partial charge in [0.05, 0.1) is 0 Å². The van der Waals surface area contributed by atoms with Crippen LogP contribution in [0.2, 0.25) is 0 Å². The molecule has 0 aromatic carbocycles. The van der Waals surface area contributed by atoms with Gasteiger partial charge in [0.1, 0.15) is 0 Å². The maximum absolute atomic E-state index is 12.1. The minimum absolute atomic E-state index is 0.346. The van der Waals surface area contributed by atoms with Crippen LogP contribution >= 0.6 is 0 Å². The van der Waals surface area contributed by atoms with E-state index in [0.29, 0.717) is 17.2 Å². The lowest BCUT2D eigenvalue weighted by atomic mass is 9.69. The van der Waals surface area contributed by atoms with Crippen molar-refractivity contribution in [2.75, 3.05) is 13.1 Å². The van der Waals surface area contributed by atoms with Crippen LogP contribution in [-0.2, 0) is 4.79 Å². The molecule has 16 heavy (non-hydrogen) atoms. The van der Waals surface area contributed by atoms with Crippen LogP contribution in [0.15, 0.2) is 0 Å². The number of rotatable bonds is 1. The Balaban J connectivity index is 1.82. The quantitative estimate of drug-likeness (QED) is 0.669. The number of nitrogens with zero attached hydrogens (tertiary/aromatic N) is 1. The molecule has 1 aliphatic carbocycles. The predicted molar refractivity (Wildman–Crippen MR) is 66.1 cm³/mol. The van der Waals surface area contributed by atoms with E-state index in [9.17, 15) is 4.79 Å². The molecule has 2 heteroatoms. The Morgan fingerprint density at radius 3 is 2.00 bits per heavy atom. The van der Waals surface area contributed by atoms with Gasteiger partial charge in [0.2, 0.25) is 5.91 Å². The molecule has 1 amide bonds. The number of carbonyl (C=O) groups excluding carboxylic acids is 1. The van der Waals surface area contributed by atoms with Gasteiger partial charge >= 0.3 is 0 Å². The Morgan fingerprint density at radius 2 is 1.62 bits per heavy atom. The van der Waals surface area contributed by atoms with Crippen molar-refractivity contribution < 1.29 is 4.79 Å². The molecule has 1 heterocycles. The van der Waals surface area contributed by atoms with Crippen molar-refractivity contribution in [3.63, 3.8) is 0 Å². The molecule has 2 fully saturated rings. The first-order chi connectivity index (χ1) is 7.48. The van der Waals surface area contributed by atoms with Crippen molar-refractivity contribution in [1.29, 1.82) is 0 Å². The average molecular weight is 223 g/mol. The average Bonchev–Trinajstić information content (AvgIpc) is 2.14. The summed E-state index contributed by atoms with van der Waals surface area (Å²) in [6.07, 6.45) is 5.94. The highest BCUT2D eigenvalue weighted by Crippen LogP contribution is 2.40. The van der Waals surface area contributed by atoms with Gasteiger partial charge in [0.25, 0.3) is 0 Å². The van der Waals surface area contributed by atoms with E-state index in [2.05, 4.69) is 20.8 Å². The summed E-state index contributed by atoms with van der Waals surface area (Å²) in [4.78, 5) is 14.1. The van der Waals surface area contributed by atoms with Crippen molar-refractivity contribution in [3.8, 4) is 0 Å². The number of hydrogen-bond donors (Lipinski definition) is 0. The van der Waals surface area contributed by atoms with Crippen molar-refractivity contribution in [1.82, 2.24) is 4.90 Å². The molecule has 2 rings (SSSR count). The molecule has 1 saturated heterocycles. The lowest BCUT2D eigenvalue weighted by Gasteiger charge is -2.39. The van der Waals surface area contributed by atoms with Gasteiger partial charge in [0, 0.05) is 19.0 Å². The first kappa shape index (κ1) is 11.9. The predicted octanol–water partition coefficient (Wildman–Crippen LogP) is 3.07. The van der Waals surface area contributed by atoms with E-state index < -0.39 is 0 Å². The normalized spacial score (nSPS) is 31.1. The second-order valence-corrected chi connectivity index (χ2v) is 6.59. The first-order valence-corrected chi connectivity index (χ1v) is 6.77. The van der Waals surface area contributed by atoms with Gasteiger partial charge in [-0.15, -0.1) is 0 Å². The minimum atomic E-state index is 0.346. The zero-order chi connectivity index (χ0) is 11.8. The summed E-state index contributed by atoms with van der Waals surface area (Å²) in [5.41, 5.74) is 0.421. The second kappa shape index (κ2) is 4.38. The van der Waals surface area contributed by atoms with Gasteiger partial charge in [-0.05, 0) is 43.4 Å². The zero-order valence-corrected chi connectivity index (χ0v) is 11.0. The summed E-state index contributed by atoms with van der Waals surface area (Å²) in [6, 6.07) is 0. The van der Waals surface area contributed by atoms with Crippen LogP contribution in [0.4, 0.5) is 0 Å². The molecular weight excluding hydrogens is 198 g/mol. The standard InChI is InChI=1S/C14H25NO/c1-14(2,3)12-7-5-11(6-8-12)13(16)15-9-4-10-15/h11-12H,4-10H2,1-3H3. The fraction of sp³-hybridized carbons (Fsp3) is 0.929. The Labute approximate surface area is 99.4 Å². The molecule has 0 spiro atoms. The molecule has 0 radical (unpaired) electrons. The number of amides is 1. The van der Waals surface area contributed by atoms with E-state index in [-0.39, 0.29) is 0 Å². The highest BCUT2D eigenvalue weighted by Gasteiger charge is 2.34. The van der Waals surface area contributed by atoms with E-state index in [0.717, 1.165) is 31.8 Å². The summed E-state index contributed by atoms with van der Waals surface area (Å²) in [5, 5.41) is 0. The van der Waals surface area contributed by atoms with Crippen LogP contribution in [-0.4, -0.2) is 23.9 Å². The molecule has 0 aromatic heterocycles. The van der Waals surface area contributed by atoms with Crippen molar-refractivity contribution in [2.45, 2.75) is 52.9 Å². The summed E-state index contributed by atoms with van der Waals surface area (Å²) in [7, 11) is 0. The lowest BCUT2D eigenvalue weighted by molar-refractivity contribution is -0.140. The number of likely N-dealkylation sites (tertiary alicyclic amines) is 1. The van der Waals surface area contributed by atoms with E-state index in [1.165, 1.54) is 19.3 Å². The first-order valence-electron chi connectivity index (χ1n) is 6.77. The Hall–Kier alpha value is -0.530. The van der Waals surface area contributed by atoms with Gasteiger partial charge in [-0.2, -0.15) is 0 Å². The molecule has 0 unspecified atom stereocenters. The summed E-state index contributed by atoms with van der Waals surface area (Å²) >= 11 is 0. The topological polar surface area (TPSA) is 20.3 Å². The van der Waals surface area contributed by atoms with E-state index in [1.807, 2.05) is 4.90 Å². The van der Waals surface area contributed by atoms with Crippen molar-refractivity contribution in [3.05, 3.63) is 0 Å². The van der Waals surface area contributed by atoms with E-state index >= 15 is 0 Å². The van der Waals surface area contributed by atoms with Crippen molar-refractivity contribution >= 4 is 5.91 Å². The fourth-order valence-electron chi connectivity index (χ4n) is 3.00. The maximum atomic E-state index is 12.1. The largest absolute Gasteiger partial charge is 0.342 e. The van der Waals surface area contributed by atoms with Crippen LogP contribution in [0.3, 0.4) is 0 Å². The number of hydrogen-bond acceptors (Lipinski definition) is 1. The monoisotopic (exact) mass is 223 g/mol.